The van der Waals surface area contributed by atoms with E-state index in [-0.39, 0.29) is 18.6 Å². The quantitative estimate of drug-likeness (QED) is 0.610. The SMILES string of the molecule is CCOC(=O)C(N)P(=O)(OCC)c1ccccn1. The van der Waals surface area contributed by atoms with Crippen molar-refractivity contribution in [1.82, 2.24) is 4.98 Å². The Bertz CT molecular complexity index is 438. The van der Waals surface area contributed by atoms with Crippen LogP contribution in [0.5, 0.6) is 0 Å². The Kier molecular flexibility index (Phi) is 5.47. The van der Waals surface area contributed by atoms with Crippen LogP contribution < -0.4 is 11.2 Å². The summed E-state index contributed by atoms with van der Waals surface area (Å²) in [5.74, 6) is -2.10. The minimum Gasteiger partial charge on any atom is -0.464 e. The number of carbonyl (C=O) groups excluding carboxylic acids is 1. The van der Waals surface area contributed by atoms with Crippen LogP contribution in [0, 0.1) is 0 Å². The van der Waals surface area contributed by atoms with Gasteiger partial charge in [0.25, 0.3) is 7.37 Å². The van der Waals surface area contributed by atoms with Crippen molar-refractivity contribution in [3.63, 3.8) is 0 Å². The second-order valence-corrected chi connectivity index (χ2v) is 5.87. The van der Waals surface area contributed by atoms with Crippen molar-refractivity contribution in [3.8, 4) is 0 Å². The molecule has 1 aromatic rings. The van der Waals surface area contributed by atoms with E-state index < -0.39 is 19.1 Å². The first-order chi connectivity index (χ1) is 8.56. The monoisotopic (exact) mass is 272 g/mol. The summed E-state index contributed by atoms with van der Waals surface area (Å²) < 4.78 is 22.7. The van der Waals surface area contributed by atoms with Crippen molar-refractivity contribution in [2.24, 2.45) is 5.73 Å². The maximum absolute atomic E-state index is 12.7. The van der Waals surface area contributed by atoms with Crippen molar-refractivity contribution in [1.29, 1.82) is 0 Å². The third kappa shape index (κ3) is 3.16. The van der Waals surface area contributed by atoms with Crippen molar-refractivity contribution >= 4 is 18.8 Å². The second-order valence-electron chi connectivity index (χ2n) is 3.40. The maximum atomic E-state index is 12.7. The Hall–Kier alpha value is -1.23. The molecule has 1 rings (SSSR count). The molecule has 18 heavy (non-hydrogen) atoms. The van der Waals surface area contributed by atoms with Gasteiger partial charge in [0.2, 0.25) is 0 Å². The summed E-state index contributed by atoms with van der Waals surface area (Å²) >= 11 is 0. The summed E-state index contributed by atoms with van der Waals surface area (Å²) in [6, 6.07) is 4.86. The minimum atomic E-state index is -3.56. The molecule has 0 bridgehead atoms. The van der Waals surface area contributed by atoms with E-state index >= 15 is 0 Å². The summed E-state index contributed by atoms with van der Waals surface area (Å²) in [5.41, 5.74) is 5.87. The maximum Gasteiger partial charge on any atom is 0.333 e. The average Bonchev–Trinajstić information content (AvgIpc) is 2.39. The normalized spacial score (nSPS) is 15.7. The molecule has 0 saturated carbocycles. The van der Waals surface area contributed by atoms with Gasteiger partial charge in [-0.25, -0.2) is 4.79 Å². The van der Waals surface area contributed by atoms with Crippen LogP contribution in [0.15, 0.2) is 24.4 Å². The molecule has 7 heteroatoms. The first-order valence-corrected chi connectivity index (χ1v) is 7.33. The van der Waals surface area contributed by atoms with Gasteiger partial charge in [0.15, 0.2) is 5.78 Å². The highest BCUT2D eigenvalue weighted by molar-refractivity contribution is 7.68. The topological polar surface area (TPSA) is 91.5 Å². The van der Waals surface area contributed by atoms with Crippen LogP contribution in [0.2, 0.25) is 0 Å². The molecule has 100 valence electrons. The van der Waals surface area contributed by atoms with Gasteiger partial charge in [0.05, 0.1) is 13.2 Å². The molecule has 0 aliphatic rings. The van der Waals surface area contributed by atoms with E-state index in [0.29, 0.717) is 0 Å². The standard InChI is InChI=1S/C11H17N2O4P/c1-3-16-11(14)10(12)18(15,17-4-2)9-7-5-6-8-13-9/h5-8,10H,3-4,12H2,1-2H3. The summed E-state index contributed by atoms with van der Waals surface area (Å²) in [6.07, 6.45) is 1.47. The van der Waals surface area contributed by atoms with Crippen LogP contribution >= 0.6 is 7.37 Å². The fourth-order valence-electron chi connectivity index (χ4n) is 1.39. The third-order valence-corrected chi connectivity index (χ3v) is 4.67. The van der Waals surface area contributed by atoms with Gasteiger partial charge in [-0.1, -0.05) is 6.07 Å². The Morgan fingerprint density at radius 3 is 2.67 bits per heavy atom. The summed E-state index contributed by atoms with van der Waals surface area (Å²) in [5, 5.41) is 0. The fourth-order valence-corrected chi connectivity index (χ4v) is 3.22. The number of aromatic nitrogens is 1. The van der Waals surface area contributed by atoms with Gasteiger partial charge in [-0.15, -0.1) is 0 Å². The van der Waals surface area contributed by atoms with Crippen molar-refractivity contribution < 1.29 is 18.6 Å². The molecule has 0 aliphatic heterocycles. The number of rotatable bonds is 6. The van der Waals surface area contributed by atoms with Gasteiger partial charge < -0.3 is 15.0 Å². The lowest BCUT2D eigenvalue weighted by atomic mass is 10.5. The molecule has 0 aliphatic carbocycles. The van der Waals surface area contributed by atoms with Crippen LogP contribution in [0.4, 0.5) is 0 Å². The molecule has 0 aromatic carbocycles. The number of nitrogens with zero attached hydrogens (tertiary/aromatic N) is 1. The largest absolute Gasteiger partial charge is 0.464 e. The Morgan fingerprint density at radius 1 is 1.44 bits per heavy atom. The highest BCUT2D eigenvalue weighted by atomic mass is 31.2. The zero-order chi connectivity index (χ0) is 13.6. The third-order valence-electron chi connectivity index (χ3n) is 2.18. The van der Waals surface area contributed by atoms with Gasteiger partial charge in [-0.3, -0.25) is 9.55 Å². The molecule has 2 N–H and O–H groups in total. The van der Waals surface area contributed by atoms with Gasteiger partial charge in [-0.2, -0.15) is 0 Å². The number of pyridine rings is 1. The van der Waals surface area contributed by atoms with E-state index in [1.807, 2.05) is 0 Å². The summed E-state index contributed by atoms with van der Waals surface area (Å²) in [6.45, 7) is 3.66. The van der Waals surface area contributed by atoms with Crippen LogP contribution in [0.25, 0.3) is 0 Å². The lowest BCUT2D eigenvalue weighted by Crippen LogP contribution is -2.37. The molecule has 1 aromatic heterocycles. The van der Waals surface area contributed by atoms with Crippen LogP contribution in [-0.2, 0) is 18.6 Å². The highest BCUT2D eigenvalue weighted by Crippen LogP contribution is 2.48. The lowest BCUT2D eigenvalue weighted by Gasteiger charge is -2.21. The van der Waals surface area contributed by atoms with E-state index in [2.05, 4.69) is 4.98 Å². The molecule has 0 fully saturated rings. The Labute approximate surface area is 106 Å². The number of nitrogens with two attached hydrogens (primary N) is 1. The van der Waals surface area contributed by atoms with Crippen LogP contribution in [0.3, 0.4) is 0 Å². The molecule has 0 spiro atoms. The van der Waals surface area contributed by atoms with Crippen molar-refractivity contribution in [2.45, 2.75) is 19.6 Å². The van der Waals surface area contributed by atoms with Crippen LogP contribution in [0.1, 0.15) is 13.8 Å². The molecule has 1 heterocycles. The van der Waals surface area contributed by atoms with Crippen LogP contribution in [-0.4, -0.2) is 29.9 Å². The molecule has 2 atom stereocenters. The Morgan fingerprint density at radius 2 is 2.17 bits per heavy atom. The molecular formula is C11H17N2O4P. The number of ether oxygens (including phenoxy) is 1. The molecular weight excluding hydrogens is 255 g/mol. The van der Waals surface area contributed by atoms with Gasteiger partial charge in [0.1, 0.15) is 5.44 Å². The summed E-state index contributed by atoms with van der Waals surface area (Å²) in [4.78, 5) is 15.6. The van der Waals surface area contributed by atoms with E-state index in [9.17, 15) is 9.36 Å². The fraction of sp³-hybridized carbons (Fsp3) is 0.455. The van der Waals surface area contributed by atoms with E-state index in [1.54, 1.807) is 26.0 Å². The number of esters is 1. The zero-order valence-corrected chi connectivity index (χ0v) is 11.3. The molecule has 0 saturated heterocycles. The molecule has 6 nitrogen and oxygen atoms in total. The van der Waals surface area contributed by atoms with E-state index in [4.69, 9.17) is 15.0 Å². The molecule has 0 amide bonds. The minimum absolute atomic E-state index is 0.168. The zero-order valence-electron chi connectivity index (χ0n) is 10.4. The number of hydrogen-bond acceptors (Lipinski definition) is 6. The smallest absolute Gasteiger partial charge is 0.333 e. The molecule has 0 radical (unpaired) electrons. The predicted molar refractivity (Wildman–Crippen MR) is 67.7 cm³/mol. The Balaban J connectivity index is 3.08. The lowest BCUT2D eigenvalue weighted by molar-refractivity contribution is -0.142. The highest BCUT2D eigenvalue weighted by Gasteiger charge is 2.40. The van der Waals surface area contributed by atoms with Gasteiger partial charge >= 0.3 is 5.97 Å². The van der Waals surface area contributed by atoms with Gasteiger partial charge in [-0.05, 0) is 26.0 Å². The first-order valence-electron chi connectivity index (χ1n) is 5.64. The second kappa shape index (κ2) is 6.64. The number of hydrogen-bond donors (Lipinski definition) is 1. The van der Waals surface area contributed by atoms with Crippen molar-refractivity contribution in [3.05, 3.63) is 24.4 Å². The van der Waals surface area contributed by atoms with E-state index in [0.717, 1.165) is 0 Å². The number of carbonyl (C=O) groups is 1. The average molecular weight is 272 g/mol. The van der Waals surface area contributed by atoms with Gasteiger partial charge in [0, 0.05) is 6.20 Å². The van der Waals surface area contributed by atoms with E-state index in [1.165, 1.54) is 12.3 Å². The summed E-state index contributed by atoms with van der Waals surface area (Å²) in [7, 11) is -3.56. The predicted octanol–water partition coefficient (Wildman–Crippen LogP) is 0.869. The van der Waals surface area contributed by atoms with Crippen molar-refractivity contribution in [2.75, 3.05) is 13.2 Å². The first kappa shape index (κ1) is 14.8. The molecule has 2 unspecified atom stereocenters.